The van der Waals surface area contributed by atoms with Gasteiger partial charge in [0.2, 0.25) is 5.88 Å². The van der Waals surface area contributed by atoms with E-state index < -0.39 is 0 Å². The topological polar surface area (TPSA) is 64.0 Å². The lowest BCUT2D eigenvalue weighted by Crippen LogP contribution is -2.40. The van der Waals surface area contributed by atoms with Gasteiger partial charge in [0.15, 0.2) is 0 Å². The predicted octanol–water partition coefficient (Wildman–Crippen LogP) is 2.63. The first kappa shape index (κ1) is 17.5. The predicted molar refractivity (Wildman–Crippen MR) is 102 cm³/mol. The third kappa shape index (κ3) is 4.09. The molecular formula is C20H22FN5O. The number of nitrogens with zero attached hydrogens (tertiary/aromatic N) is 3. The Labute approximate surface area is 157 Å². The van der Waals surface area contributed by atoms with Crippen LogP contribution in [-0.2, 0) is 13.5 Å². The quantitative estimate of drug-likeness (QED) is 0.656. The van der Waals surface area contributed by atoms with E-state index in [-0.39, 0.29) is 11.9 Å². The third-order valence-corrected chi connectivity index (χ3v) is 4.59. The van der Waals surface area contributed by atoms with E-state index >= 15 is 0 Å². The zero-order chi connectivity index (χ0) is 18.6. The van der Waals surface area contributed by atoms with Gasteiger partial charge in [-0.1, -0.05) is 18.2 Å². The molecule has 0 saturated heterocycles. The molecule has 140 valence electrons. The van der Waals surface area contributed by atoms with Crippen molar-refractivity contribution in [2.45, 2.75) is 12.5 Å². The van der Waals surface area contributed by atoms with E-state index in [2.05, 4.69) is 20.7 Å². The van der Waals surface area contributed by atoms with Gasteiger partial charge in [0, 0.05) is 37.1 Å². The third-order valence-electron chi connectivity index (χ3n) is 4.59. The highest BCUT2D eigenvalue weighted by Gasteiger charge is 2.20. The fraction of sp³-hybridized carbons (Fsp3) is 0.300. The minimum atomic E-state index is -0.155. The summed E-state index contributed by atoms with van der Waals surface area (Å²) in [7, 11) is 1.89. The summed E-state index contributed by atoms with van der Waals surface area (Å²) in [6, 6.07) is 8.90. The molecular weight excluding hydrogens is 345 g/mol. The van der Waals surface area contributed by atoms with Crippen molar-refractivity contribution in [2.24, 2.45) is 7.05 Å². The van der Waals surface area contributed by atoms with Crippen molar-refractivity contribution in [3.8, 4) is 17.0 Å². The normalized spacial score (nSPS) is 15.7. The molecule has 1 aliphatic rings. The smallest absolute Gasteiger partial charge is 0.237 e. The van der Waals surface area contributed by atoms with Crippen LogP contribution in [0.15, 0.2) is 48.9 Å². The number of pyridine rings is 1. The summed E-state index contributed by atoms with van der Waals surface area (Å²) in [6.07, 6.45) is 6.20. The molecule has 3 heterocycles. The number of anilines is 1. The number of aromatic nitrogens is 3. The second-order valence-corrected chi connectivity index (χ2v) is 6.65. The van der Waals surface area contributed by atoms with Crippen LogP contribution in [0, 0.1) is 5.82 Å². The van der Waals surface area contributed by atoms with Gasteiger partial charge in [0.1, 0.15) is 11.9 Å². The zero-order valence-electron chi connectivity index (χ0n) is 15.2. The number of hydrogen-bond acceptors (Lipinski definition) is 5. The van der Waals surface area contributed by atoms with E-state index in [4.69, 9.17) is 4.74 Å². The van der Waals surface area contributed by atoms with E-state index in [1.807, 2.05) is 37.6 Å². The summed E-state index contributed by atoms with van der Waals surface area (Å²) >= 11 is 0. The summed E-state index contributed by atoms with van der Waals surface area (Å²) in [5.41, 5.74) is 3.63. The highest BCUT2D eigenvalue weighted by Crippen LogP contribution is 2.30. The molecule has 27 heavy (non-hydrogen) atoms. The number of nitrogens with one attached hydrogen (secondary N) is 2. The molecule has 0 saturated carbocycles. The van der Waals surface area contributed by atoms with Gasteiger partial charge in [-0.2, -0.15) is 5.10 Å². The summed E-state index contributed by atoms with van der Waals surface area (Å²) in [5, 5.41) is 10.9. The zero-order valence-corrected chi connectivity index (χ0v) is 15.2. The molecule has 0 bridgehead atoms. The van der Waals surface area contributed by atoms with Crippen molar-refractivity contribution in [1.29, 1.82) is 0 Å². The van der Waals surface area contributed by atoms with E-state index in [1.165, 1.54) is 6.07 Å². The van der Waals surface area contributed by atoms with Gasteiger partial charge in [-0.05, 0) is 30.7 Å². The van der Waals surface area contributed by atoms with Crippen molar-refractivity contribution < 1.29 is 9.13 Å². The molecule has 2 N–H and O–H groups in total. The van der Waals surface area contributed by atoms with Crippen LogP contribution >= 0.6 is 0 Å². The molecule has 4 rings (SSSR count). The molecule has 1 atom stereocenters. The van der Waals surface area contributed by atoms with Crippen molar-refractivity contribution >= 4 is 5.69 Å². The van der Waals surface area contributed by atoms with Crippen LogP contribution in [0.2, 0.25) is 0 Å². The van der Waals surface area contributed by atoms with Crippen LogP contribution in [0.3, 0.4) is 0 Å². The first-order valence-corrected chi connectivity index (χ1v) is 9.03. The Bertz CT molecular complexity index is 926. The van der Waals surface area contributed by atoms with E-state index in [0.717, 1.165) is 22.4 Å². The van der Waals surface area contributed by atoms with Gasteiger partial charge < -0.3 is 15.4 Å². The lowest BCUT2D eigenvalue weighted by molar-refractivity contribution is 0.194. The van der Waals surface area contributed by atoms with Gasteiger partial charge in [-0.25, -0.2) is 9.37 Å². The highest BCUT2D eigenvalue weighted by molar-refractivity contribution is 5.69. The molecule has 0 radical (unpaired) electrons. The van der Waals surface area contributed by atoms with Crippen molar-refractivity contribution in [3.63, 3.8) is 0 Å². The summed E-state index contributed by atoms with van der Waals surface area (Å²) in [4.78, 5) is 4.44. The van der Waals surface area contributed by atoms with Gasteiger partial charge in [-0.15, -0.1) is 0 Å². The molecule has 0 fully saturated rings. The number of benzene rings is 1. The summed E-state index contributed by atoms with van der Waals surface area (Å²) in [6.45, 7) is 2.06. The second kappa shape index (κ2) is 7.75. The molecule has 3 aromatic rings. The molecule has 1 unspecified atom stereocenters. The fourth-order valence-electron chi connectivity index (χ4n) is 3.13. The first-order chi connectivity index (χ1) is 13.2. The van der Waals surface area contributed by atoms with Crippen molar-refractivity contribution in [1.82, 2.24) is 20.1 Å². The Morgan fingerprint density at radius 1 is 1.30 bits per heavy atom. The van der Waals surface area contributed by atoms with Gasteiger partial charge in [0.05, 0.1) is 18.4 Å². The van der Waals surface area contributed by atoms with Crippen LogP contribution in [0.4, 0.5) is 10.1 Å². The monoisotopic (exact) mass is 367 g/mol. The number of hydrogen-bond donors (Lipinski definition) is 2. The molecule has 2 aromatic heterocycles. The molecule has 0 aliphatic carbocycles. The minimum absolute atomic E-state index is 0.0186. The van der Waals surface area contributed by atoms with E-state index in [9.17, 15) is 4.39 Å². The number of fused-ring (bicyclic) bond motifs is 1. The van der Waals surface area contributed by atoms with E-state index in [1.54, 1.807) is 16.9 Å². The lowest BCUT2D eigenvalue weighted by atomic mass is 10.1. The summed E-state index contributed by atoms with van der Waals surface area (Å²) in [5.74, 6) is 0.451. The number of aryl methyl sites for hydroxylation is 1. The molecule has 6 nitrogen and oxygen atoms in total. The van der Waals surface area contributed by atoms with Gasteiger partial charge >= 0.3 is 0 Å². The Balaban J connectivity index is 1.30. The first-order valence-electron chi connectivity index (χ1n) is 9.03. The number of ether oxygens (including phenoxy) is 1. The maximum absolute atomic E-state index is 13.6. The van der Waals surface area contributed by atoms with Crippen LogP contribution in [0.1, 0.15) is 5.56 Å². The Kier molecular flexibility index (Phi) is 5.02. The Morgan fingerprint density at radius 2 is 2.19 bits per heavy atom. The number of rotatable bonds is 6. The van der Waals surface area contributed by atoms with Crippen LogP contribution in [0.25, 0.3) is 11.1 Å². The highest BCUT2D eigenvalue weighted by atomic mass is 19.1. The van der Waals surface area contributed by atoms with Crippen molar-refractivity contribution in [3.05, 3.63) is 60.3 Å². The van der Waals surface area contributed by atoms with Crippen LogP contribution in [0.5, 0.6) is 5.88 Å². The minimum Gasteiger partial charge on any atom is -0.470 e. The van der Waals surface area contributed by atoms with E-state index in [0.29, 0.717) is 31.9 Å². The molecule has 0 spiro atoms. The molecule has 1 aliphatic heterocycles. The van der Waals surface area contributed by atoms with Crippen molar-refractivity contribution in [2.75, 3.05) is 25.0 Å². The molecule has 7 heteroatoms. The second-order valence-electron chi connectivity index (χ2n) is 6.65. The largest absolute Gasteiger partial charge is 0.470 e. The average molecular weight is 367 g/mol. The standard InChI is InChI=1S/C20H22FN5O/c1-26-13-16(10-25-26)15-8-19-20(24-9-15)27-17(12-23-19)11-22-7-6-14-4-2-3-5-18(14)21/h2-5,8-10,13,17,22-23H,6-7,11-12H2,1H3. The maximum atomic E-state index is 13.6. The summed E-state index contributed by atoms with van der Waals surface area (Å²) < 4.78 is 21.4. The Morgan fingerprint density at radius 3 is 3.00 bits per heavy atom. The SMILES string of the molecule is Cn1cc(-c2cnc3c(c2)NCC(CNCCc2ccccc2F)O3)cn1. The molecule has 0 amide bonds. The maximum Gasteiger partial charge on any atom is 0.237 e. The van der Waals surface area contributed by atoms with Crippen LogP contribution in [-0.4, -0.2) is 40.5 Å². The van der Waals surface area contributed by atoms with Gasteiger partial charge in [-0.3, -0.25) is 4.68 Å². The molecule has 1 aromatic carbocycles. The van der Waals surface area contributed by atoms with Gasteiger partial charge in [0.25, 0.3) is 0 Å². The van der Waals surface area contributed by atoms with Crippen LogP contribution < -0.4 is 15.4 Å². The number of halogens is 1. The lowest BCUT2D eigenvalue weighted by Gasteiger charge is -2.27. The Hall–Kier alpha value is -2.93. The average Bonchev–Trinajstić information content (AvgIpc) is 3.12. The fourth-order valence-corrected chi connectivity index (χ4v) is 3.13.